The Morgan fingerprint density at radius 2 is 1.90 bits per heavy atom. The van der Waals surface area contributed by atoms with Crippen molar-refractivity contribution in [3.05, 3.63) is 56.2 Å². The van der Waals surface area contributed by atoms with Crippen LogP contribution in [-0.2, 0) is 13.6 Å². The molecule has 0 spiro atoms. The molecule has 2 aromatic heterocycles. The van der Waals surface area contributed by atoms with E-state index in [2.05, 4.69) is 25.4 Å². The molecule has 0 unspecified atom stereocenters. The van der Waals surface area contributed by atoms with Crippen LogP contribution in [0.2, 0.25) is 0 Å². The van der Waals surface area contributed by atoms with E-state index in [-0.39, 0.29) is 23.7 Å². The van der Waals surface area contributed by atoms with Gasteiger partial charge in [-0.25, -0.2) is 13.6 Å². The zero-order valence-corrected chi connectivity index (χ0v) is 16.8. The van der Waals surface area contributed by atoms with Crippen molar-refractivity contribution in [3.8, 4) is 6.01 Å². The third-order valence-corrected chi connectivity index (χ3v) is 5.10. The molecule has 164 valence electrons. The molecular weight excluding hydrogens is 412 g/mol. The first kappa shape index (κ1) is 21.0. The number of hydrogen-bond donors (Lipinski definition) is 1. The van der Waals surface area contributed by atoms with Crippen molar-refractivity contribution >= 4 is 11.2 Å². The van der Waals surface area contributed by atoms with Gasteiger partial charge in [-0.15, -0.1) is 5.10 Å². The number of aromatic nitrogens is 5. The van der Waals surface area contributed by atoms with E-state index in [9.17, 15) is 18.4 Å². The largest absolute Gasteiger partial charge is 0.461 e. The van der Waals surface area contributed by atoms with Gasteiger partial charge in [0, 0.05) is 39.8 Å². The highest BCUT2D eigenvalue weighted by Crippen LogP contribution is 2.12. The summed E-state index contributed by atoms with van der Waals surface area (Å²) in [5.41, 5.74) is -1.17. The maximum atomic E-state index is 13.6. The number of hydrogen-bond acceptors (Lipinski definition) is 8. The Hall–Kier alpha value is -3.25. The van der Waals surface area contributed by atoms with Crippen molar-refractivity contribution in [1.82, 2.24) is 34.5 Å². The second-order valence-corrected chi connectivity index (χ2v) is 7.19. The molecule has 1 saturated heterocycles. The average Bonchev–Trinajstić information content (AvgIpc) is 2.78. The van der Waals surface area contributed by atoms with Crippen LogP contribution in [0.1, 0.15) is 5.56 Å². The van der Waals surface area contributed by atoms with E-state index in [4.69, 9.17) is 4.74 Å². The molecule has 4 rings (SSSR count). The van der Waals surface area contributed by atoms with E-state index in [1.165, 1.54) is 13.1 Å². The van der Waals surface area contributed by atoms with E-state index in [1.807, 2.05) is 0 Å². The van der Waals surface area contributed by atoms with Crippen molar-refractivity contribution in [2.75, 3.05) is 39.3 Å². The number of fused-ring (bicyclic) bond motifs is 1. The quantitative estimate of drug-likeness (QED) is 0.554. The monoisotopic (exact) mass is 433 g/mol. The maximum Gasteiger partial charge on any atom is 0.336 e. The lowest BCUT2D eigenvalue weighted by molar-refractivity contribution is 0.184. The summed E-state index contributed by atoms with van der Waals surface area (Å²) in [6.45, 7) is 4.52. The Bertz CT molecular complexity index is 1220. The van der Waals surface area contributed by atoms with Crippen LogP contribution in [0.25, 0.3) is 11.2 Å². The van der Waals surface area contributed by atoms with Crippen LogP contribution in [0, 0.1) is 11.6 Å². The predicted octanol–water partition coefficient (Wildman–Crippen LogP) is -0.504. The number of halogens is 2. The summed E-state index contributed by atoms with van der Waals surface area (Å²) in [5, 5.41) is 11.1. The van der Waals surface area contributed by atoms with E-state index < -0.39 is 22.9 Å². The Morgan fingerprint density at radius 3 is 2.65 bits per heavy atom. The molecule has 3 heterocycles. The van der Waals surface area contributed by atoms with Gasteiger partial charge in [0.05, 0.1) is 6.54 Å². The van der Waals surface area contributed by atoms with Gasteiger partial charge in [0.15, 0.2) is 22.8 Å². The number of ether oxygens (including phenoxy) is 1. The van der Waals surface area contributed by atoms with Crippen molar-refractivity contribution in [3.63, 3.8) is 0 Å². The van der Waals surface area contributed by atoms with Crippen LogP contribution in [0.15, 0.2) is 27.8 Å². The van der Waals surface area contributed by atoms with Crippen LogP contribution >= 0.6 is 0 Å². The average molecular weight is 433 g/mol. The molecule has 0 aliphatic carbocycles. The van der Waals surface area contributed by atoms with Gasteiger partial charge in [0.1, 0.15) is 6.61 Å². The normalized spacial score (nSPS) is 14.8. The highest BCUT2D eigenvalue weighted by Gasteiger charge is 2.17. The number of rotatable bonds is 6. The molecule has 0 saturated carbocycles. The fraction of sp³-hybridized carbons (Fsp3) is 0.421. The summed E-state index contributed by atoms with van der Waals surface area (Å²) in [4.78, 5) is 31.5. The first-order chi connectivity index (χ1) is 14.9. The molecule has 1 aliphatic heterocycles. The summed E-state index contributed by atoms with van der Waals surface area (Å²) in [6, 6.07) is 3.22. The summed E-state index contributed by atoms with van der Waals surface area (Å²) in [7, 11) is 1.30. The van der Waals surface area contributed by atoms with E-state index >= 15 is 0 Å². The van der Waals surface area contributed by atoms with Crippen LogP contribution in [0.4, 0.5) is 8.78 Å². The third kappa shape index (κ3) is 4.44. The van der Waals surface area contributed by atoms with Crippen molar-refractivity contribution in [1.29, 1.82) is 0 Å². The summed E-state index contributed by atoms with van der Waals surface area (Å²) >= 11 is 0. The topological polar surface area (TPSA) is 107 Å². The van der Waals surface area contributed by atoms with Gasteiger partial charge in [-0.05, 0) is 17.7 Å². The fourth-order valence-electron chi connectivity index (χ4n) is 3.37. The fourth-order valence-corrected chi connectivity index (χ4v) is 3.37. The van der Waals surface area contributed by atoms with Gasteiger partial charge in [-0.3, -0.25) is 18.8 Å². The molecule has 3 aromatic rings. The number of benzene rings is 1. The smallest absolute Gasteiger partial charge is 0.336 e. The standard InChI is InChI=1S/C19H21F2N7O3/c1-26-17(29)15-16(28(19(26)30)11-12-2-3-13(20)14(21)10-12)24-25-18(23-15)31-9-8-27-6-4-22-5-7-27/h2-3,10,22H,4-9,11H2,1H3. The molecule has 0 radical (unpaired) electrons. The Kier molecular flexibility index (Phi) is 6.00. The first-order valence-corrected chi connectivity index (χ1v) is 9.78. The second kappa shape index (κ2) is 8.86. The van der Waals surface area contributed by atoms with Crippen LogP contribution in [0.5, 0.6) is 6.01 Å². The number of piperazine rings is 1. The Morgan fingerprint density at radius 1 is 1.13 bits per heavy atom. The number of nitrogens with one attached hydrogen (secondary N) is 1. The third-order valence-electron chi connectivity index (χ3n) is 5.10. The Labute approximate surface area is 175 Å². The zero-order valence-electron chi connectivity index (χ0n) is 16.8. The molecule has 0 atom stereocenters. The van der Waals surface area contributed by atoms with Gasteiger partial charge in [-0.2, -0.15) is 4.98 Å². The minimum atomic E-state index is -1.04. The van der Waals surface area contributed by atoms with E-state index in [0.717, 1.165) is 47.4 Å². The van der Waals surface area contributed by atoms with E-state index in [0.29, 0.717) is 18.7 Å². The van der Waals surface area contributed by atoms with Gasteiger partial charge < -0.3 is 10.1 Å². The molecule has 1 aromatic carbocycles. The van der Waals surface area contributed by atoms with Gasteiger partial charge in [-0.1, -0.05) is 11.2 Å². The highest BCUT2D eigenvalue weighted by molar-refractivity contribution is 5.68. The summed E-state index contributed by atoms with van der Waals surface area (Å²) < 4.78 is 34.3. The highest BCUT2D eigenvalue weighted by atomic mass is 19.2. The summed E-state index contributed by atoms with van der Waals surface area (Å²) in [5.74, 6) is -2.03. The second-order valence-electron chi connectivity index (χ2n) is 7.19. The van der Waals surface area contributed by atoms with Crippen molar-refractivity contribution in [2.24, 2.45) is 7.05 Å². The van der Waals surface area contributed by atoms with Gasteiger partial charge in [0.25, 0.3) is 5.56 Å². The van der Waals surface area contributed by atoms with Crippen molar-refractivity contribution in [2.45, 2.75) is 6.54 Å². The van der Waals surface area contributed by atoms with Gasteiger partial charge >= 0.3 is 11.7 Å². The molecular formula is C19H21F2N7O3. The lowest BCUT2D eigenvalue weighted by Crippen LogP contribution is -2.44. The molecule has 12 heteroatoms. The minimum Gasteiger partial charge on any atom is -0.461 e. The molecule has 1 N–H and O–H groups in total. The minimum absolute atomic E-state index is 0.0627. The first-order valence-electron chi connectivity index (χ1n) is 9.78. The lowest BCUT2D eigenvalue weighted by atomic mass is 10.2. The molecule has 0 bridgehead atoms. The zero-order chi connectivity index (χ0) is 22.0. The molecule has 31 heavy (non-hydrogen) atoms. The SMILES string of the molecule is Cn1c(=O)c2nc(OCCN3CCNCC3)nnc2n(Cc2ccc(F)c(F)c2)c1=O. The molecule has 1 aliphatic rings. The lowest BCUT2D eigenvalue weighted by Gasteiger charge is -2.26. The van der Waals surface area contributed by atoms with Crippen molar-refractivity contribution < 1.29 is 13.5 Å². The molecule has 10 nitrogen and oxygen atoms in total. The maximum absolute atomic E-state index is 13.6. The Balaban J connectivity index is 1.61. The molecule has 0 amide bonds. The predicted molar refractivity (Wildman–Crippen MR) is 107 cm³/mol. The van der Waals surface area contributed by atoms with E-state index in [1.54, 1.807) is 0 Å². The van der Waals surface area contributed by atoms with Crippen LogP contribution in [0.3, 0.4) is 0 Å². The molecule has 1 fully saturated rings. The van der Waals surface area contributed by atoms with Crippen LogP contribution < -0.4 is 21.3 Å². The summed E-state index contributed by atoms with van der Waals surface area (Å²) in [6.07, 6.45) is 0. The number of nitrogens with zero attached hydrogens (tertiary/aromatic N) is 6. The van der Waals surface area contributed by atoms with Gasteiger partial charge in [0.2, 0.25) is 0 Å². The van der Waals surface area contributed by atoms with Crippen LogP contribution in [-0.4, -0.2) is 68.5 Å².